The maximum atomic E-state index is 2.17. The molecule has 1 aromatic heterocycles. The van der Waals surface area contributed by atoms with Crippen LogP contribution in [0.3, 0.4) is 0 Å². The van der Waals surface area contributed by atoms with E-state index in [4.69, 9.17) is 0 Å². The Balaban J connectivity index is 1.69. The second-order valence-corrected chi connectivity index (χ2v) is 5.88. The normalized spacial score (nSPS) is 11.4. The van der Waals surface area contributed by atoms with E-state index in [2.05, 4.69) is 85.0 Å². The topological polar surface area (TPSA) is 0 Å². The van der Waals surface area contributed by atoms with Crippen molar-refractivity contribution >= 4 is 35.6 Å². The van der Waals surface area contributed by atoms with E-state index in [1.165, 1.54) is 20.9 Å². The van der Waals surface area contributed by atoms with Crippen molar-refractivity contribution in [3.05, 3.63) is 93.7 Å². The van der Waals surface area contributed by atoms with Crippen LogP contribution in [0, 0.1) is 0 Å². The third kappa shape index (κ3) is 4.04. The molecule has 0 amide bonds. The maximum absolute atomic E-state index is 2.17. The fraction of sp³-hybridized carbons (Fsp3) is 0. The van der Waals surface area contributed by atoms with Gasteiger partial charge >= 0.3 is 0 Å². The summed E-state index contributed by atoms with van der Waals surface area (Å²) in [5.41, 5.74) is 2.46. The molecule has 0 aliphatic carbocycles. The van der Waals surface area contributed by atoms with Crippen LogP contribution >= 0.6 is 11.3 Å². The molecule has 3 rings (SSSR count). The van der Waals surface area contributed by atoms with Crippen LogP contribution in [-0.4, -0.2) is 0 Å². The van der Waals surface area contributed by atoms with E-state index in [1.54, 1.807) is 11.3 Å². The molecule has 0 bridgehead atoms. The van der Waals surface area contributed by atoms with Crippen LogP contribution in [0.2, 0.25) is 0 Å². The second kappa shape index (κ2) is 6.87. The van der Waals surface area contributed by atoms with Gasteiger partial charge in [0.05, 0.1) is 0 Å². The van der Waals surface area contributed by atoms with E-state index in [1.807, 2.05) is 12.1 Å². The standard InChI is InChI=1S/C20H16S/c1-3-7-17(8-4-1)11-13-19-15-16-20(21-19)14-12-18-9-5-2-6-10-18/h1-16H/b13-11-,14-12-. The van der Waals surface area contributed by atoms with Gasteiger partial charge in [-0.15, -0.1) is 11.3 Å². The zero-order chi connectivity index (χ0) is 14.3. The van der Waals surface area contributed by atoms with Crippen LogP contribution in [0.1, 0.15) is 20.9 Å². The van der Waals surface area contributed by atoms with Crippen molar-refractivity contribution in [1.29, 1.82) is 0 Å². The van der Waals surface area contributed by atoms with Crippen LogP contribution in [0.5, 0.6) is 0 Å². The molecule has 0 N–H and O–H groups in total. The van der Waals surface area contributed by atoms with E-state index in [0.717, 1.165) is 0 Å². The van der Waals surface area contributed by atoms with Gasteiger partial charge in [-0.3, -0.25) is 0 Å². The molecule has 21 heavy (non-hydrogen) atoms. The van der Waals surface area contributed by atoms with E-state index in [9.17, 15) is 0 Å². The smallest absolute Gasteiger partial charge is 0.0276 e. The Morgan fingerprint density at radius 2 is 0.905 bits per heavy atom. The number of rotatable bonds is 4. The van der Waals surface area contributed by atoms with E-state index >= 15 is 0 Å². The average molecular weight is 288 g/mol. The van der Waals surface area contributed by atoms with Crippen LogP contribution < -0.4 is 0 Å². The fourth-order valence-corrected chi connectivity index (χ4v) is 2.85. The lowest BCUT2D eigenvalue weighted by Crippen LogP contribution is -1.67. The number of benzene rings is 2. The lowest BCUT2D eigenvalue weighted by atomic mass is 10.2. The van der Waals surface area contributed by atoms with Crippen LogP contribution in [-0.2, 0) is 0 Å². The molecule has 0 aliphatic rings. The summed E-state index contributed by atoms with van der Waals surface area (Å²) in [5.74, 6) is 0. The molecule has 0 radical (unpaired) electrons. The van der Waals surface area contributed by atoms with Gasteiger partial charge in [-0.2, -0.15) is 0 Å². The minimum atomic E-state index is 1.23. The highest BCUT2D eigenvalue weighted by atomic mass is 32.1. The summed E-state index contributed by atoms with van der Waals surface area (Å²) in [6.45, 7) is 0. The monoisotopic (exact) mass is 288 g/mol. The van der Waals surface area contributed by atoms with E-state index in [-0.39, 0.29) is 0 Å². The molecule has 0 spiro atoms. The van der Waals surface area contributed by atoms with Crippen molar-refractivity contribution in [3.63, 3.8) is 0 Å². The Labute approximate surface area is 129 Å². The Morgan fingerprint density at radius 3 is 1.33 bits per heavy atom. The summed E-state index contributed by atoms with van der Waals surface area (Å²) in [4.78, 5) is 2.54. The quantitative estimate of drug-likeness (QED) is 0.545. The largest absolute Gasteiger partial charge is 0.137 e. The first-order valence-corrected chi connectivity index (χ1v) is 7.78. The van der Waals surface area contributed by atoms with Gasteiger partial charge in [0.2, 0.25) is 0 Å². The minimum Gasteiger partial charge on any atom is -0.137 e. The highest BCUT2D eigenvalue weighted by Crippen LogP contribution is 2.21. The van der Waals surface area contributed by atoms with E-state index in [0.29, 0.717) is 0 Å². The van der Waals surface area contributed by atoms with Gasteiger partial charge in [0.25, 0.3) is 0 Å². The number of hydrogen-bond donors (Lipinski definition) is 0. The van der Waals surface area contributed by atoms with Gasteiger partial charge in [0, 0.05) is 9.75 Å². The highest BCUT2D eigenvalue weighted by Gasteiger charge is 1.94. The second-order valence-electron chi connectivity index (χ2n) is 4.73. The third-order valence-electron chi connectivity index (χ3n) is 3.13. The molecule has 102 valence electrons. The molecule has 0 fully saturated rings. The van der Waals surface area contributed by atoms with Crippen molar-refractivity contribution in [2.45, 2.75) is 0 Å². The molecule has 1 heteroatoms. The summed E-state index contributed by atoms with van der Waals surface area (Å²) in [5, 5.41) is 0. The van der Waals surface area contributed by atoms with Crippen LogP contribution in [0.25, 0.3) is 24.3 Å². The average Bonchev–Trinajstić information content (AvgIpc) is 3.01. The molecule has 0 saturated carbocycles. The summed E-state index contributed by atoms with van der Waals surface area (Å²) in [6, 6.07) is 25.1. The van der Waals surface area contributed by atoms with Gasteiger partial charge in [0.15, 0.2) is 0 Å². The molecule has 3 aromatic rings. The van der Waals surface area contributed by atoms with Gasteiger partial charge in [-0.05, 0) is 35.4 Å². The lowest BCUT2D eigenvalue weighted by Gasteiger charge is -1.91. The molecule has 0 unspecified atom stereocenters. The molecule has 0 aliphatic heterocycles. The molecular weight excluding hydrogens is 272 g/mol. The van der Waals surface area contributed by atoms with Crippen LogP contribution in [0.4, 0.5) is 0 Å². The van der Waals surface area contributed by atoms with Gasteiger partial charge in [0.1, 0.15) is 0 Å². The zero-order valence-electron chi connectivity index (χ0n) is 11.6. The Bertz CT molecular complexity index is 670. The summed E-state index contributed by atoms with van der Waals surface area (Å²) >= 11 is 1.80. The molecule has 0 nitrogen and oxygen atoms in total. The van der Waals surface area contributed by atoms with Crippen molar-refractivity contribution in [2.75, 3.05) is 0 Å². The van der Waals surface area contributed by atoms with Gasteiger partial charge in [-0.25, -0.2) is 0 Å². The first kappa shape index (κ1) is 13.6. The molecule has 0 atom stereocenters. The Morgan fingerprint density at radius 1 is 0.476 bits per heavy atom. The van der Waals surface area contributed by atoms with Crippen molar-refractivity contribution < 1.29 is 0 Å². The Hall–Kier alpha value is -2.38. The third-order valence-corrected chi connectivity index (χ3v) is 4.14. The van der Waals surface area contributed by atoms with Crippen molar-refractivity contribution in [3.8, 4) is 0 Å². The first-order chi connectivity index (χ1) is 10.4. The van der Waals surface area contributed by atoms with Crippen molar-refractivity contribution in [2.24, 2.45) is 0 Å². The lowest BCUT2D eigenvalue weighted by molar-refractivity contribution is 1.67. The van der Waals surface area contributed by atoms with Crippen LogP contribution in [0.15, 0.2) is 72.8 Å². The number of thiophene rings is 1. The fourth-order valence-electron chi connectivity index (χ4n) is 2.03. The summed E-state index contributed by atoms with van der Waals surface area (Å²) in [6.07, 6.45) is 8.63. The predicted molar refractivity (Wildman–Crippen MR) is 95.1 cm³/mol. The minimum absolute atomic E-state index is 1.23. The molecule has 2 aromatic carbocycles. The zero-order valence-corrected chi connectivity index (χ0v) is 12.5. The van der Waals surface area contributed by atoms with Gasteiger partial charge in [-0.1, -0.05) is 72.8 Å². The SMILES string of the molecule is C(=C/c1ccc(/C=C\c2ccccc2)s1)/c1ccccc1. The molecule has 1 heterocycles. The first-order valence-electron chi connectivity index (χ1n) is 6.96. The highest BCUT2D eigenvalue weighted by molar-refractivity contribution is 7.13. The van der Waals surface area contributed by atoms with Gasteiger partial charge < -0.3 is 0 Å². The molecule has 0 saturated heterocycles. The number of hydrogen-bond acceptors (Lipinski definition) is 1. The van der Waals surface area contributed by atoms with Crippen molar-refractivity contribution in [1.82, 2.24) is 0 Å². The van der Waals surface area contributed by atoms with E-state index < -0.39 is 0 Å². The summed E-state index contributed by atoms with van der Waals surface area (Å²) < 4.78 is 0. The predicted octanol–water partition coefficient (Wildman–Crippen LogP) is 6.09. The Kier molecular flexibility index (Phi) is 4.45. The molecular formula is C20H16S. The summed E-state index contributed by atoms with van der Waals surface area (Å²) in [7, 11) is 0. The maximum Gasteiger partial charge on any atom is 0.0276 e.